The molecule has 0 saturated heterocycles. The van der Waals surface area contributed by atoms with Crippen molar-refractivity contribution in [2.75, 3.05) is 6.61 Å². The van der Waals surface area contributed by atoms with E-state index in [1.165, 1.54) is 18.3 Å². The van der Waals surface area contributed by atoms with Gasteiger partial charge >= 0.3 is 6.18 Å². The van der Waals surface area contributed by atoms with Gasteiger partial charge in [-0.2, -0.15) is 13.2 Å². The van der Waals surface area contributed by atoms with Gasteiger partial charge in [0.15, 0.2) is 5.84 Å². The highest BCUT2D eigenvalue weighted by Crippen LogP contribution is 2.21. The summed E-state index contributed by atoms with van der Waals surface area (Å²) < 4.78 is 40.7. The molecule has 0 saturated carbocycles. The summed E-state index contributed by atoms with van der Waals surface area (Å²) in [6.45, 7) is -0.0703. The lowest BCUT2D eigenvalue weighted by molar-refractivity contribution is -0.136. The van der Waals surface area contributed by atoms with Crippen LogP contribution < -0.4 is 10.5 Å². The molecule has 0 amide bonds. The third-order valence-corrected chi connectivity index (χ3v) is 1.97. The molecule has 18 heavy (non-hydrogen) atoms. The van der Waals surface area contributed by atoms with Gasteiger partial charge in [0.2, 0.25) is 0 Å². The molecule has 3 N–H and O–H groups in total. The third-order valence-electron chi connectivity index (χ3n) is 1.97. The molecule has 100 valence electrons. The summed E-state index contributed by atoms with van der Waals surface area (Å²) in [7, 11) is 0. The number of aromatic nitrogens is 1. The summed E-state index contributed by atoms with van der Waals surface area (Å²) in [5.41, 5.74) is 5.49. The van der Waals surface area contributed by atoms with Gasteiger partial charge in [0.25, 0.3) is 0 Å². The zero-order chi connectivity index (χ0) is 13.6. The number of halogens is 3. The number of nitrogens with two attached hydrogens (primary N) is 1. The van der Waals surface area contributed by atoms with Gasteiger partial charge in [0.1, 0.15) is 11.4 Å². The van der Waals surface area contributed by atoms with E-state index in [1.54, 1.807) is 0 Å². The second-order valence-corrected chi connectivity index (χ2v) is 3.43. The zero-order valence-electron chi connectivity index (χ0n) is 9.31. The summed E-state index contributed by atoms with van der Waals surface area (Å²) in [6.07, 6.45) is -3.86. The molecular formula is C10H12F3N3O2. The van der Waals surface area contributed by atoms with Gasteiger partial charge in [-0.3, -0.25) is 4.98 Å². The molecule has 0 aliphatic rings. The maximum absolute atomic E-state index is 11.9. The van der Waals surface area contributed by atoms with Crippen LogP contribution in [0.3, 0.4) is 0 Å². The molecule has 0 radical (unpaired) electrons. The number of pyridine rings is 1. The second-order valence-electron chi connectivity index (χ2n) is 3.43. The molecule has 0 unspecified atom stereocenters. The molecule has 1 aromatic heterocycles. The van der Waals surface area contributed by atoms with Crippen LogP contribution in [0.25, 0.3) is 0 Å². The second kappa shape index (κ2) is 6.08. The number of amidine groups is 1. The molecule has 0 aliphatic carbocycles. The topological polar surface area (TPSA) is 80.7 Å². The standard InChI is InChI=1S/C10H12F3N3O2/c11-10(12,13)3-1-5-18-7-2-4-15-8(6-7)9(14)16-17/h2,4,6,17H,1,3,5H2,(H2,14,16). The van der Waals surface area contributed by atoms with Crippen LogP contribution in [0, 0.1) is 0 Å². The van der Waals surface area contributed by atoms with Gasteiger partial charge in [-0.1, -0.05) is 5.16 Å². The molecule has 1 rings (SSSR count). The van der Waals surface area contributed by atoms with E-state index in [9.17, 15) is 13.2 Å². The third kappa shape index (κ3) is 4.89. The van der Waals surface area contributed by atoms with Crippen LogP contribution in [-0.4, -0.2) is 28.8 Å². The SMILES string of the molecule is N/C(=N/O)c1cc(OCCCC(F)(F)F)ccn1. The van der Waals surface area contributed by atoms with Crippen molar-refractivity contribution in [3.8, 4) is 5.75 Å². The molecule has 0 aliphatic heterocycles. The predicted molar refractivity (Wildman–Crippen MR) is 57.5 cm³/mol. The predicted octanol–water partition coefficient (Wildman–Crippen LogP) is 1.90. The van der Waals surface area contributed by atoms with Crippen LogP contribution in [0.5, 0.6) is 5.75 Å². The Bertz CT molecular complexity index is 421. The van der Waals surface area contributed by atoms with Crippen molar-refractivity contribution in [2.45, 2.75) is 19.0 Å². The van der Waals surface area contributed by atoms with Crippen LogP contribution in [0.2, 0.25) is 0 Å². The summed E-state index contributed by atoms with van der Waals surface area (Å²) in [6, 6.07) is 2.85. The van der Waals surface area contributed by atoms with Gasteiger partial charge < -0.3 is 15.7 Å². The quantitative estimate of drug-likeness (QED) is 0.279. The van der Waals surface area contributed by atoms with E-state index >= 15 is 0 Å². The summed E-state index contributed by atoms with van der Waals surface area (Å²) in [4.78, 5) is 3.80. The van der Waals surface area contributed by atoms with Crippen molar-refractivity contribution in [1.29, 1.82) is 0 Å². The molecule has 1 heterocycles. The first-order chi connectivity index (χ1) is 8.42. The first-order valence-electron chi connectivity index (χ1n) is 5.06. The van der Waals surface area contributed by atoms with Crippen molar-refractivity contribution in [2.24, 2.45) is 10.9 Å². The van der Waals surface area contributed by atoms with Crippen molar-refractivity contribution < 1.29 is 23.1 Å². The smallest absolute Gasteiger partial charge is 0.389 e. The van der Waals surface area contributed by atoms with Gasteiger partial charge in [-0.05, 0) is 12.5 Å². The van der Waals surface area contributed by atoms with Crippen molar-refractivity contribution in [3.05, 3.63) is 24.0 Å². The molecular weight excluding hydrogens is 251 g/mol. The van der Waals surface area contributed by atoms with Crippen LogP contribution in [-0.2, 0) is 0 Å². The average molecular weight is 263 g/mol. The summed E-state index contributed by atoms with van der Waals surface area (Å²) in [5, 5.41) is 11.2. The van der Waals surface area contributed by atoms with E-state index in [-0.39, 0.29) is 24.6 Å². The fourth-order valence-electron chi connectivity index (χ4n) is 1.15. The normalized spacial score (nSPS) is 12.5. The fraction of sp³-hybridized carbons (Fsp3) is 0.400. The first-order valence-corrected chi connectivity index (χ1v) is 5.06. The average Bonchev–Trinajstić information content (AvgIpc) is 2.33. The molecule has 5 nitrogen and oxygen atoms in total. The molecule has 0 aromatic carbocycles. The minimum atomic E-state index is -4.18. The lowest BCUT2D eigenvalue weighted by Crippen LogP contribution is -2.15. The van der Waals surface area contributed by atoms with E-state index in [0.29, 0.717) is 5.75 Å². The Hall–Kier alpha value is -1.99. The summed E-state index contributed by atoms with van der Waals surface area (Å²) in [5.74, 6) is 0.115. The Labute approximate surface area is 101 Å². The molecule has 0 fully saturated rings. The Kier molecular flexibility index (Phi) is 4.75. The van der Waals surface area contributed by atoms with Crippen LogP contribution in [0.4, 0.5) is 13.2 Å². The van der Waals surface area contributed by atoms with Gasteiger partial charge in [-0.25, -0.2) is 0 Å². The van der Waals surface area contributed by atoms with Crippen LogP contribution >= 0.6 is 0 Å². The molecule has 1 aromatic rings. The van der Waals surface area contributed by atoms with Gasteiger partial charge in [-0.15, -0.1) is 0 Å². The number of hydrogen-bond donors (Lipinski definition) is 2. The highest BCUT2D eigenvalue weighted by molar-refractivity contribution is 5.95. The number of ether oxygens (including phenoxy) is 1. The van der Waals surface area contributed by atoms with Crippen LogP contribution in [0.15, 0.2) is 23.5 Å². The Morgan fingerprint density at radius 3 is 2.83 bits per heavy atom. The fourth-order valence-corrected chi connectivity index (χ4v) is 1.15. The Morgan fingerprint density at radius 2 is 2.22 bits per heavy atom. The number of hydrogen-bond acceptors (Lipinski definition) is 4. The monoisotopic (exact) mass is 263 g/mol. The van der Waals surface area contributed by atoms with E-state index < -0.39 is 12.6 Å². The van der Waals surface area contributed by atoms with E-state index in [2.05, 4.69) is 10.1 Å². The van der Waals surface area contributed by atoms with Crippen molar-refractivity contribution in [1.82, 2.24) is 4.98 Å². The first kappa shape index (κ1) is 14.1. The van der Waals surface area contributed by atoms with Gasteiger partial charge in [0.05, 0.1) is 6.61 Å². The van der Waals surface area contributed by atoms with E-state index in [4.69, 9.17) is 15.7 Å². The summed E-state index contributed by atoms with van der Waals surface area (Å²) >= 11 is 0. The number of rotatable bonds is 5. The van der Waals surface area contributed by atoms with Gasteiger partial charge in [0, 0.05) is 18.7 Å². The van der Waals surface area contributed by atoms with Crippen LogP contribution in [0.1, 0.15) is 18.5 Å². The van der Waals surface area contributed by atoms with Crippen molar-refractivity contribution in [3.63, 3.8) is 0 Å². The molecule has 8 heteroatoms. The Balaban J connectivity index is 2.48. The number of nitrogens with zero attached hydrogens (tertiary/aromatic N) is 2. The highest BCUT2D eigenvalue weighted by Gasteiger charge is 2.26. The maximum Gasteiger partial charge on any atom is 0.389 e. The lowest BCUT2D eigenvalue weighted by Gasteiger charge is -2.08. The molecule has 0 spiro atoms. The molecule has 0 atom stereocenters. The van der Waals surface area contributed by atoms with Crippen molar-refractivity contribution >= 4 is 5.84 Å². The van der Waals surface area contributed by atoms with E-state index in [1.807, 2.05) is 0 Å². The maximum atomic E-state index is 11.9. The molecule has 0 bridgehead atoms. The minimum absolute atomic E-state index is 0.0703. The zero-order valence-corrected chi connectivity index (χ0v) is 9.31. The number of alkyl halides is 3. The Morgan fingerprint density at radius 1 is 1.50 bits per heavy atom. The van der Waals surface area contributed by atoms with E-state index in [0.717, 1.165) is 0 Å². The highest BCUT2D eigenvalue weighted by atomic mass is 19.4. The largest absolute Gasteiger partial charge is 0.493 e. The lowest BCUT2D eigenvalue weighted by atomic mass is 10.3. The minimum Gasteiger partial charge on any atom is -0.493 e. The number of oxime groups is 1.